The lowest BCUT2D eigenvalue weighted by atomic mass is 9.86. The second kappa shape index (κ2) is 3.87. The molecule has 1 heterocycles. The molecule has 1 spiro atoms. The molecular weight excluding hydrogens is 218 g/mol. The zero-order chi connectivity index (χ0) is 12.8. The zero-order valence-electron chi connectivity index (χ0n) is 11.2. The van der Waals surface area contributed by atoms with Crippen molar-refractivity contribution >= 4 is 6.09 Å². The smallest absolute Gasteiger partial charge is 0.410 e. The van der Waals surface area contributed by atoms with Crippen LogP contribution in [-0.2, 0) is 4.74 Å². The lowest BCUT2D eigenvalue weighted by Crippen LogP contribution is -2.55. The van der Waals surface area contributed by atoms with E-state index in [1.54, 1.807) is 0 Å². The largest absolute Gasteiger partial charge is 0.444 e. The molecule has 4 nitrogen and oxygen atoms in total. The summed E-state index contributed by atoms with van der Waals surface area (Å²) < 4.78 is 5.44. The van der Waals surface area contributed by atoms with Crippen LogP contribution in [0.1, 0.15) is 47.0 Å². The van der Waals surface area contributed by atoms with Gasteiger partial charge in [-0.25, -0.2) is 4.79 Å². The van der Waals surface area contributed by atoms with E-state index in [9.17, 15) is 9.90 Å². The molecule has 0 bridgehead atoms. The van der Waals surface area contributed by atoms with Gasteiger partial charge in [0.05, 0.1) is 11.6 Å². The Bertz CT molecular complexity index is 317. The Morgan fingerprint density at radius 3 is 2.47 bits per heavy atom. The minimum atomic E-state index is -0.452. The Labute approximate surface area is 103 Å². The van der Waals surface area contributed by atoms with Crippen LogP contribution in [0.2, 0.25) is 0 Å². The van der Waals surface area contributed by atoms with Crippen molar-refractivity contribution in [3.8, 4) is 0 Å². The number of nitrogens with zero attached hydrogens (tertiary/aromatic N) is 1. The van der Waals surface area contributed by atoms with Crippen molar-refractivity contribution in [1.82, 2.24) is 4.90 Å². The van der Waals surface area contributed by atoms with Crippen LogP contribution >= 0.6 is 0 Å². The average molecular weight is 241 g/mol. The van der Waals surface area contributed by atoms with Crippen molar-refractivity contribution in [3.63, 3.8) is 0 Å². The first-order valence-electron chi connectivity index (χ1n) is 6.45. The number of piperidine rings is 1. The number of likely N-dealkylation sites (tertiary alicyclic amines) is 1. The summed E-state index contributed by atoms with van der Waals surface area (Å²) in [7, 11) is 0. The Morgan fingerprint density at radius 2 is 2.00 bits per heavy atom. The van der Waals surface area contributed by atoms with Gasteiger partial charge in [0.1, 0.15) is 5.60 Å². The molecule has 0 aromatic carbocycles. The predicted molar refractivity (Wildman–Crippen MR) is 64.7 cm³/mol. The third kappa shape index (κ3) is 2.28. The van der Waals surface area contributed by atoms with Crippen molar-refractivity contribution in [3.05, 3.63) is 0 Å². The summed E-state index contributed by atoms with van der Waals surface area (Å²) in [6.07, 6.45) is 2.13. The Morgan fingerprint density at radius 1 is 1.41 bits per heavy atom. The standard InChI is InChI=1S/C13H23NO3/c1-9-10(15)5-8-14(13(9)6-7-13)11(16)17-12(2,3)4/h9-10,15H,5-8H2,1-4H3/t9-,10+/m0/s1. The van der Waals surface area contributed by atoms with Gasteiger partial charge in [0, 0.05) is 12.5 Å². The molecule has 4 heteroatoms. The van der Waals surface area contributed by atoms with Crippen molar-refractivity contribution in [1.29, 1.82) is 0 Å². The first-order chi connectivity index (χ1) is 7.76. The maximum atomic E-state index is 12.1. The van der Waals surface area contributed by atoms with Crippen molar-refractivity contribution < 1.29 is 14.6 Å². The molecule has 0 aromatic rings. The molecule has 1 N–H and O–H groups in total. The monoisotopic (exact) mass is 241 g/mol. The second-order valence-corrected chi connectivity index (χ2v) is 6.38. The first kappa shape index (κ1) is 12.7. The molecule has 0 unspecified atom stereocenters. The van der Waals surface area contributed by atoms with Gasteiger partial charge in [-0.3, -0.25) is 0 Å². The Balaban J connectivity index is 2.09. The van der Waals surface area contributed by atoms with Gasteiger partial charge in [-0.15, -0.1) is 0 Å². The molecule has 0 radical (unpaired) electrons. The van der Waals surface area contributed by atoms with Gasteiger partial charge >= 0.3 is 6.09 Å². The fraction of sp³-hybridized carbons (Fsp3) is 0.923. The van der Waals surface area contributed by atoms with Gasteiger partial charge in [-0.2, -0.15) is 0 Å². The van der Waals surface area contributed by atoms with Crippen LogP contribution in [0.4, 0.5) is 4.79 Å². The molecule has 1 amide bonds. The van der Waals surface area contributed by atoms with E-state index in [-0.39, 0.29) is 23.7 Å². The van der Waals surface area contributed by atoms with Crippen LogP contribution in [-0.4, -0.2) is 39.9 Å². The lowest BCUT2D eigenvalue weighted by Gasteiger charge is -2.43. The van der Waals surface area contributed by atoms with Crippen LogP contribution in [0.25, 0.3) is 0 Å². The minimum absolute atomic E-state index is 0.125. The van der Waals surface area contributed by atoms with Gasteiger partial charge in [0.2, 0.25) is 0 Å². The molecule has 1 saturated heterocycles. The third-order valence-electron chi connectivity index (χ3n) is 3.99. The highest BCUT2D eigenvalue weighted by molar-refractivity contribution is 5.70. The van der Waals surface area contributed by atoms with E-state index in [0.29, 0.717) is 13.0 Å². The molecule has 0 aromatic heterocycles. The van der Waals surface area contributed by atoms with E-state index >= 15 is 0 Å². The molecule has 2 rings (SSSR count). The quantitative estimate of drug-likeness (QED) is 0.707. The fourth-order valence-corrected chi connectivity index (χ4v) is 2.78. The Hall–Kier alpha value is -0.770. The normalized spacial score (nSPS) is 31.5. The van der Waals surface area contributed by atoms with Gasteiger partial charge < -0.3 is 14.7 Å². The van der Waals surface area contributed by atoms with Gasteiger partial charge in [-0.1, -0.05) is 6.92 Å². The van der Waals surface area contributed by atoms with Crippen LogP contribution < -0.4 is 0 Å². The first-order valence-corrected chi connectivity index (χ1v) is 6.45. The van der Waals surface area contributed by atoms with Crippen LogP contribution in [0.3, 0.4) is 0 Å². The summed E-state index contributed by atoms with van der Waals surface area (Å²) in [5.41, 5.74) is -0.577. The highest BCUT2D eigenvalue weighted by Gasteiger charge is 2.58. The highest BCUT2D eigenvalue weighted by Crippen LogP contribution is 2.52. The molecule has 2 atom stereocenters. The molecule has 98 valence electrons. The van der Waals surface area contributed by atoms with Gasteiger partial charge in [0.15, 0.2) is 0 Å². The summed E-state index contributed by atoms with van der Waals surface area (Å²) in [6, 6.07) is 0. The predicted octanol–water partition coefficient (Wildman–Crippen LogP) is 2.16. The number of carbonyl (C=O) groups is 1. The zero-order valence-corrected chi connectivity index (χ0v) is 11.2. The minimum Gasteiger partial charge on any atom is -0.444 e. The lowest BCUT2D eigenvalue weighted by molar-refractivity contribution is -0.0399. The number of hydrogen-bond donors (Lipinski definition) is 1. The van der Waals surface area contributed by atoms with Crippen molar-refractivity contribution in [2.24, 2.45) is 5.92 Å². The van der Waals surface area contributed by atoms with E-state index in [2.05, 4.69) is 0 Å². The summed E-state index contributed by atoms with van der Waals surface area (Å²) in [6.45, 7) is 8.29. The molecule has 1 aliphatic carbocycles. The number of aliphatic hydroxyl groups excluding tert-OH is 1. The highest BCUT2D eigenvalue weighted by atomic mass is 16.6. The molecule has 1 aliphatic heterocycles. The third-order valence-corrected chi connectivity index (χ3v) is 3.99. The summed E-state index contributed by atoms with van der Waals surface area (Å²) in [5.74, 6) is 0.156. The van der Waals surface area contributed by atoms with E-state index < -0.39 is 5.60 Å². The molecule has 2 fully saturated rings. The number of hydrogen-bond acceptors (Lipinski definition) is 3. The second-order valence-electron chi connectivity index (χ2n) is 6.38. The molecule has 17 heavy (non-hydrogen) atoms. The van der Waals surface area contributed by atoms with Crippen LogP contribution in [0, 0.1) is 5.92 Å². The van der Waals surface area contributed by atoms with Crippen LogP contribution in [0.15, 0.2) is 0 Å². The number of ether oxygens (including phenoxy) is 1. The summed E-state index contributed by atoms with van der Waals surface area (Å²) >= 11 is 0. The number of carbonyl (C=O) groups excluding carboxylic acids is 1. The van der Waals surface area contributed by atoms with Crippen molar-refractivity contribution in [2.45, 2.75) is 64.2 Å². The number of amides is 1. The van der Waals surface area contributed by atoms with E-state index in [1.807, 2.05) is 32.6 Å². The molecule has 2 aliphatic rings. The van der Waals surface area contributed by atoms with Crippen LogP contribution in [0.5, 0.6) is 0 Å². The summed E-state index contributed by atoms with van der Waals surface area (Å²) in [4.78, 5) is 14.0. The molecular formula is C13H23NO3. The number of aliphatic hydroxyl groups is 1. The topological polar surface area (TPSA) is 49.8 Å². The Kier molecular flexibility index (Phi) is 2.89. The summed E-state index contributed by atoms with van der Waals surface area (Å²) in [5, 5.41) is 9.91. The van der Waals surface area contributed by atoms with E-state index in [0.717, 1.165) is 12.8 Å². The van der Waals surface area contributed by atoms with Gasteiger partial charge in [0.25, 0.3) is 0 Å². The van der Waals surface area contributed by atoms with Crippen molar-refractivity contribution in [2.75, 3.05) is 6.54 Å². The molecule has 1 saturated carbocycles. The average Bonchev–Trinajstić information content (AvgIpc) is 2.93. The van der Waals surface area contributed by atoms with E-state index in [4.69, 9.17) is 4.74 Å². The maximum absolute atomic E-state index is 12.1. The fourth-order valence-electron chi connectivity index (χ4n) is 2.78. The van der Waals surface area contributed by atoms with E-state index in [1.165, 1.54) is 0 Å². The SMILES string of the molecule is C[C@H]1[C@H](O)CCN(C(=O)OC(C)(C)C)C12CC2. The van der Waals surface area contributed by atoms with Gasteiger partial charge in [-0.05, 0) is 40.0 Å². The maximum Gasteiger partial charge on any atom is 0.410 e. The number of rotatable bonds is 0.